The molecule has 1 atom stereocenters. The van der Waals surface area contributed by atoms with Gasteiger partial charge in [-0.1, -0.05) is 0 Å². The van der Waals surface area contributed by atoms with Gasteiger partial charge in [0.2, 0.25) is 0 Å². The molecule has 1 aliphatic carbocycles. The van der Waals surface area contributed by atoms with Crippen LogP contribution in [0.3, 0.4) is 0 Å². The summed E-state index contributed by atoms with van der Waals surface area (Å²) in [7, 11) is 3.99. The third kappa shape index (κ3) is 2.97. The normalized spacial score (nSPS) is 22.5. The van der Waals surface area contributed by atoms with Gasteiger partial charge in [-0.3, -0.25) is 0 Å². The van der Waals surface area contributed by atoms with Crippen LogP contribution in [0.1, 0.15) is 37.4 Å². The number of aromatic nitrogens is 2. The fourth-order valence-electron chi connectivity index (χ4n) is 2.49. The van der Waals surface area contributed by atoms with Crippen molar-refractivity contribution in [3.05, 3.63) is 11.9 Å². The summed E-state index contributed by atoms with van der Waals surface area (Å²) >= 11 is 0. The zero-order chi connectivity index (χ0) is 13.2. The Morgan fingerprint density at radius 3 is 2.84 bits per heavy atom. The summed E-state index contributed by atoms with van der Waals surface area (Å²) < 4.78 is 5.69. The molecule has 1 aromatic heterocycles. The molecule has 104 valence electrons. The fraction of sp³-hybridized carbons (Fsp3) is 0.714. The molecule has 1 N–H and O–H groups in total. The van der Waals surface area contributed by atoms with Crippen LogP contribution in [-0.2, 0) is 4.74 Å². The first kappa shape index (κ1) is 12.7. The molecular formula is C14H22N4O. The van der Waals surface area contributed by atoms with Crippen LogP contribution >= 0.6 is 0 Å². The van der Waals surface area contributed by atoms with Crippen LogP contribution in [0, 0.1) is 0 Å². The maximum atomic E-state index is 5.69. The lowest BCUT2D eigenvalue weighted by Crippen LogP contribution is -2.29. The standard InChI is InChI=1S/C14H22N4O/c1-15-12-8-13(17-14(16-12)10-5-6-10)18(2)9-11-4-3-7-19-11/h8,10-11H,3-7,9H2,1-2H3,(H,15,16,17). The Balaban J connectivity index is 1.75. The second kappa shape index (κ2) is 5.33. The molecule has 1 saturated carbocycles. The SMILES string of the molecule is CNc1cc(N(C)CC2CCCO2)nc(C2CC2)n1. The van der Waals surface area contributed by atoms with E-state index in [1.807, 2.05) is 13.1 Å². The quantitative estimate of drug-likeness (QED) is 0.879. The highest BCUT2D eigenvalue weighted by Crippen LogP contribution is 2.39. The van der Waals surface area contributed by atoms with Crippen LogP contribution in [0.2, 0.25) is 0 Å². The molecule has 1 saturated heterocycles. The summed E-state index contributed by atoms with van der Waals surface area (Å²) in [5.74, 6) is 3.46. The molecule has 1 aromatic rings. The molecular weight excluding hydrogens is 240 g/mol. The number of nitrogens with one attached hydrogen (secondary N) is 1. The monoisotopic (exact) mass is 262 g/mol. The molecule has 2 fully saturated rings. The van der Waals surface area contributed by atoms with Crippen LogP contribution in [0.15, 0.2) is 6.07 Å². The molecule has 1 aliphatic heterocycles. The predicted octanol–water partition coefficient (Wildman–Crippen LogP) is 2.01. The van der Waals surface area contributed by atoms with Crippen molar-refractivity contribution < 1.29 is 4.74 Å². The Kier molecular flexibility index (Phi) is 3.55. The molecule has 5 nitrogen and oxygen atoms in total. The number of likely N-dealkylation sites (N-methyl/N-ethyl adjacent to an activating group) is 1. The Morgan fingerprint density at radius 1 is 1.37 bits per heavy atom. The number of anilines is 2. The van der Waals surface area contributed by atoms with E-state index >= 15 is 0 Å². The average Bonchev–Trinajstić information content (AvgIpc) is 3.17. The maximum absolute atomic E-state index is 5.69. The number of hydrogen-bond donors (Lipinski definition) is 1. The molecule has 19 heavy (non-hydrogen) atoms. The van der Waals surface area contributed by atoms with Crippen molar-refractivity contribution in [2.75, 3.05) is 37.5 Å². The van der Waals surface area contributed by atoms with Gasteiger partial charge in [-0.05, 0) is 25.7 Å². The number of rotatable bonds is 5. The van der Waals surface area contributed by atoms with Gasteiger partial charge in [-0.25, -0.2) is 9.97 Å². The van der Waals surface area contributed by atoms with Crippen LogP contribution < -0.4 is 10.2 Å². The Bertz CT molecular complexity index is 441. The molecule has 0 bridgehead atoms. The van der Waals surface area contributed by atoms with E-state index < -0.39 is 0 Å². The molecule has 3 rings (SSSR count). The fourth-order valence-corrected chi connectivity index (χ4v) is 2.49. The summed E-state index contributed by atoms with van der Waals surface area (Å²) in [6.07, 6.45) is 5.13. The second-order valence-corrected chi connectivity index (χ2v) is 5.51. The Labute approximate surface area is 114 Å². The number of nitrogens with zero attached hydrogens (tertiary/aromatic N) is 3. The van der Waals surface area contributed by atoms with Crippen molar-refractivity contribution in [2.45, 2.75) is 37.7 Å². The molecule has 2 aliphatic rings. The van der Waals surface area contributed by atoms with Crippen molar-refractivity contribution in [2.24, 2.45) is 0 Å². The third-order valence-corrected chi connectivity index (χ3v) is 3.82. The van der Waals surface area contributed by atoms with Crippen molar-refractivity contribution in [3.8, 4) is 0 Å². The zero-order valence-corrected chi connectivity index (χ0v) is 11.7. The highest BCUT2D eigenvalue weighted by atomic mass is 16.5. The average molecular weight is 262 g/mol. The molecule has 0 aromatic carbocycles. The van der Waals surface area contributed by atoms with E-state index in [0.717, 1.165) is 37.0 Å². The lowest BCUT2D eigenvalue weighted by Gasteiger charge is -2.22. The van der Waals surface area contributed by atoms with Crippen molar-refractivity contribution in [1.29, 1.82) is 0 Å². The van der Waals surface area contributed by atoms with E-state index in [2.05, 4.69) is 22.2 Å². The van der Waals surface area contributed by atoms with Crippen LogP contribution in [0.5, 0.6) is 0 Å². The summed E-state index contributed by atoms with van der Waals surface area (Å²) in [6, 6.07) is 2.01. The van der Waals surface area contributed by atoms with Gasteiger partial charge >= 0.3 is 0 Å². The first-order valence-electron chi connectivity index (χ1n) is 7.15. The minimum Gasteiger partial charge on any atom is -0.376 e. The van der Waals surface area contributed by atoms with Crippen LogP contribution in [0.4, 0.5) is 11.6 Å². The van der Waals surface area contributed by atoms with Gasteiger partial charge in [-0.15, -0.1) is 0 Å². The van der Waals surface area contributed by atoms with E-state index in [4.69, 9.17) is 9.72 Å². The molecule has 1 unspecified atom stereocenters. The minimum absolute atomic E-state index is 0.349. The lowest BCUT2D eigenvalue weighted by atomic mass is 10.2. The molecule has 0 amide bonds. The Hall–Kier alpha value is -1.36. The van der Waals surface area contributed by atoms with E-state index in [0.29, 0.717) is 12.0 Å². The summed E-state index contributed by atoms with van der Waals surface area (Å²) in [5.41, 5.74) is 0. The number of ether oxygens (including phenoxy) is 1. The smallest absolute Gasteiger partial charge is 0.136 e. The van der Waals surface area contributed by atoms with Crippen LogP contribution in [-0.4, -0.2) is 43.3 Å². The second-order valence-electron chi connectivity index (χ2n) is 5.51. The van der Waals surface area contributed by atoms with Gasteiger partial charge in [0.25, 0.3) is 0 Å². The van der Waals surface area contributed by atoms with E-state index in [-0.39, 0.29) is 0 Å². The molecule has 0 radical (unpaired) electrons. The van der Waals surface area contributed by atoms with Gasteiger partial charge < -0.3 is 15.0 Å². The highest BCUT2D eigenvalue weighted by molar-refractivity contribution is 5.49. The first-order chi connectivity index (χ1) is 9.26. The van der Waals surface area contributed by atoms with E-state index in [9.17, 15) is 0 Å². The highest BCUT2D eigenvalue weighted by Gasteiger charge is 2.28. The molecule has 0 spiro atoms. The zero-order valence-electron chi connectivity index (χ0n) is 11.7. The van der Waals surface area contributed by atoms with Crippen molar-refractivity contribution in [1.82, 2.24) is 9.97 Å². The first-order valence-corrected chi connectivity index (χ1v) is 7.15. The topological polar surface area (TPSA) is 50.3 Å². The van der Waals surface area contributed by atoms with E-state index in [1.54, 1.807) is 0 Å². The maximum Gasteiger partial charge on any atom is 0.136 e. The van der Waals surface area contributed by atoms with Gasteiger partial charge in [0, 0.05) is 39.2 Å². The lowest BCUT2D eigenvalue weighted by molar-refractivity contribution is 0.116. The minimum atomic E-state index is 0.349. The summed E-state index contributed by atoms with van der Waals surface area (Å²) in [5, 5.41) is 3.13. The van der Waals surface area contributed by atoms with Gasteiger partial charge in [0.05, 0.1) is 6.10 Å². The van der Waals surface area contributed by atoms with Crippen molar-refractivity contribution >= 4 is 11.6 Å². The van der Waals surface area contributed by atoms with Gasteiger partial charge in [0.1, 0.15) is 17.5 Å². The van der Waals surface area contributed by atoms with Crippen LogP contribution in [0.25, 0.3) is 0 Å². The summed E-state index contributed by atoms with van der Waals surface area (Å²) in [6.45, 7) is 1.81. The largest absolute Gasteiger partial charge is 0.376 e. The van der Waals surface area contributed by atoms with E-state index in [1.165, 1.54) is 19.3 Å². The third-order valence-electron chi connectivity index (χ3n) is 3.82. The number of hydrogen-bond acceptors (Lipinski definition) is 5. The van der Waals surface area contributed by atoms with Crippen molar-refractivity contribution in [3.63, 3.8) is 0 Å². The molecule has 2 heterocycles. The molecule has 5 heteroatoms. The summed E-state index contributed by atoms with van der Waals surface area (Å²) in [4.78, 5) is 11.4. The predicted molar refractivity (Wildman–Crippen MR) is 75.8 cm³/mol. The van der Waals surface area contributed by atoms with Gasteiger partial charge in [-0.2, -0.15) is 0 Å². The van der Waals surface area contributed by atoms with Gasteiger partial charge in [0.15, 0.2) is 0 Å². The Morgan fingerprint density at radius 2 is 2.21 bits per heavy atom.